The average molecular weight is 389 g/mol. The van der Waals surface area contributed by atoms with Crippen LogP contribution in [0.25, 0.3) is 11.3 Å². The van der Waals surface area contributed by atoms with Gasteiger partial charge in [-0.25, -0.2) is 4.79 Å². The van der Waals surface area contributed by atoms with Crippen LogP contribution in [0.3, 0.4) is 0 Å². The van der Waals surface area contributed by atoms with E-state index in [9.17, 15) is 4.79 Å². The third-order valence-corrected chi connectivity index (χ3v) is 4.46. The SMILES string of the molecule is COc1cncc(OCC2(CNC(=O)OC(C)(C)C)CC2)c1-c1cc(N)n[nH]1. The smallest absolute Gasteiger partial charge is 0.407 e. The molecular formula is C19H27N5O4. The molecule has 2 heterocycles. The minimum Gasteiger partial charge on any atom is -0.494 e. The van der Waals surface area contributed by atoms with Crippen molar-refractivity contribution in [2.24, 2.45) is 5.41 Å². The van der Waals surface area contributed by atoms with Crippen molar-refractivity contribution in [1.82, 2.24) is 20.5 Å². The molecule has 0 atom stereocenters. The predicted octanol–water partition coefficient (Wildman–Crippen LogP) is 2.75. The van der Waals surface area contributed by atoms with Crippen molar-refractivity contribution in [1.29, 1.82) is 0 Å². The summed E-state index contributed by atoms with van der Waals surface area (Å²) in [5, 5.41) is 9.68. The Balaban J connectivity index is 1.67. The van der Waals surface area contributed by atoms with E-state index in [0.29, 0.717) is 41.7 Å². The van der Waals surface area contributed by atoms with Gasteiger partial charge in [0.25, 0.3) is 0 Å². The van der Waals surface area contributed by atoms with Crippen molar-refractivity contribution in [3.63, 3.8) is 0 Å². The number of ether oxygens (including phenoxy) is 3. The summed E-state index contributed by atoms with van der Waals surface area (Å²) in [5.41, 5.74) is 6.49. The number of alkyl carbamates (subject to hydrolysis) is 1. The lowest BCUT2D eigenvalue weighted by molar-refractivity contribution is 0.0509. The number of anilines is 1. The Bertz CT molecular complexity index is 839. The molecule has 0 saturated heterocycles. The van der Waals surface area contributed by atoms with Crippen molar-refractivity contribution in [3.8, 4) is 22.8 Å². The number of methoxy groups -OCH3 is 1. The van der Waals surface area contributed by atoms with E-state index in [0.717, 1.165) is 12.8 Å². The first-order chi connectivity index (χ1) is 13.2. The normalized spacial score (nSPS) is 15.0. The number of pyridine rings is 1. The van der Waals surface area contributed by atoms with Crippen LogP contribution in [0.4, 0.5) is 10.6 Å². The van der Waals surface area contributed by atoms with E-state index in [1.807, 2.05) is 20.8 Å². The molecule has 0 radical (unpaired) electrons. The van der Waals surface area contributed by atoms with Gasteiger partial charge in [0.05, 0.1) is 37.4 Å². The lowest BCUT2D eigenvalue weighted by atomic mass is 10.1. The summed E-state index contributed by atoms with van der Waals surface area (Å²) in [6.07, 6.45) is 4.75. The van der Waals surface area contributed by atoms with Crippen LogP contribution in [-0.2, 0) is 4.74 Å². The Kier molecular flexibility index (Phi) is 5.35. The number of carbonyl (C=O) groups is 1. The monoisotopic (exact) mass is 389 g/mol. The molecule has 0 aromatic carbocycles. The zero-order chi connectivity index (χ0) is 20.4. The first kappa shape index (κ1) is 19.8. The molecule has 4 N–H and O–H groups in total. The Morgan fingerprint density at radius 2 is 2.04 bits per heavy atom. The summed E-state index contributed by atoms with van der Waals surface area (Å²) in [6.45, 7) is 6.44. The maximum atomic E-state index is 11.9. The van der Waals surface area contributed by atoms with Crippen LogP contribution in [0.2, 0.25) is 0 Å². The highest BCUT2D eigenvalue weighted by molar-refractivity contribution is 5.74. The van der Waals surface area contributed by atoms with E-state index in [4.69, 9.17) is 19.9 Å². The van der Waals surface area contributed by atoms with E-state index in [1.54, 1.807) is 25.6 Å². The van der Waals surface area contributed by atoms with Crippen LogP contribution in [0.1, 0.15) is 33.6 Å². The number of nitrogens with two attached hydrogens (primary N) is 1. The molecule has 9 nitrogen and oxygen atoms in total. The first-order valence-electron chi connectivity index (χ1n) is 9.14. The molecule has 2 aromatic rings. The zero-order valence-corrected chi connectivity index (χ0v) is 16.7. The summed E-state index contributed by atoms with van der Waals surface area (Å²) < 4.78 is 16.8. The molecule has 1 amide bonds. The summed E-state index contributed by atoms with van der Waals surface area (Å²) in [6, 6.07) is 1.71. The minimum absolute atomic E-state index is 0.107. The molecule has 28 heavy (non-hydrogen) atoms. The van der Waals surface area contributed by atoms with Crippen LogP contribution in [0.15, 0.2) is 18.5 Å². The van der Waals surface area contributed by atoms with Gasteiger partial charge in [-0.1, -0.05) is 0 Å². The van der Waals surface area contributed by atoms with Crippen molar-refractivity contribution in [3.05, 3.63) is 18.5 Å². The summed E-state index contributed by atoms with van der Waals surface area (Å²) >= 11 is 0. The van der Waals surface area contributed by atoms with E-state index < -0.39 is 11.7 Å². The van der Waals surface area contributed by atoms with Gasteiger partial charge in [-0.2, -0.15) is 5.10 Å². The Morgan fingerprint density at radius 1 is 1.32 bits per heavy atom. The Labute approximate surface area is 164 Å². The maximum Gasteiger partial charge on any atom is 0.407 e. The van der Waals surface area contributed by atoms with Crippen molar-refractivity contribution in [2.75, 3.05) is 26.0 Å². The van der Waals surface area contributed by atoms with Gasteiger partial charge in [0, 0.05) is 18.0 Å². The Hall–Kier alpha value is -2.97. The largest absolute Gasteiger partial charge is 0.494 e. The van der Waals surface area contributed by atoms with Crippen LogP contribution in [0, 0.1) is 5.41 Å². The van der Waals surface area contributed by atoms with Gasteiger partial charge in [-0.3, -0.25) is 10.1 Å². The third-order valence-electron chi connectivity index (χ3n) is 4.46. The van der Waals surface area contributed by atoms with Gasteiger partial charge in [0.2, 0.25) is 0 Å². The van der Waals surface area contributed by atoms with Gasteiger partial charge in [-0.05, 0) is 33.6 Å². The molecule has 1 fully saturated rings. The number of hydrogen-bond acceptors (Lipinski definition) is 7. The highest BCUT2D eigenvalue weighted by atomic mass is 16.6. The van der Waals surface area contributed by atoms with Crippen LogP contribution < -0.4 is 20.5 Å². The first-order valence-corrected chi connectivity index (χ1v) is 9.14. The average Bonchev–Trinajstić information content (AvgIpc) is 3.28. The maximum absolute atomic E-state index is 11.9. The van der Waals surface area contributed by atoms with Gasteiger partial charge in [0.15, 0.2) is 5.75 Å². The number of aromatic nitrogens is 3. The topological polar surface area (TPSA) is 124 Å². The van der Waals surface area contributed by atoms with Gasteiger partial charge in [0.1, 0.15) is 17.2 Å². The molecule has 3 rings (SSSR count). The van der Waals surface area contributed by atoms with Crippen LogP contribution >= 0.6 is 0 Å². The van der Waals surface area contributed by atoms with Crippen molar-refractivity contribution in [2.45, 2.75) is 39.2 Å². The summed E-state index contributed by atoms with van der Waals surface area (Å²) in [4.78, 5) is 16.1. The number of amides is 1. The number of hydrogen-bond donors (Lipinski definition) is 3. The van der Waals surface area contributed by atoms with E-state index in [2.05, 4.69) is 20.5 Å². The molecule has 1 aliphatic rings. The van der Waals surface area contributed by atoms with Crippen molar-refractivity contribution < 1.29 is 19.0 Å². The number of nitrogens with zero attached hydrogens (tertiary/aromatic N) is 2. The molecule has 152 valence electrons. The molecule has 0 bridgehead atoms. The van der Waals surface area contributed by atoms with E-state index in [1.165, 1.54) is 0 Å². The predicted molar refractivity (Wildman–Crippen MR) is 104 cm³/mol. The number of nitrogens with one attached hydrogen (secondary N) is 2. The van der Waals surface area contributed by atoms with E-state index >= 15 is 0 Å². The fraction of sp³-hybridized carbons (Fsp3) is 0.526. The van der Waals surface area contributed by atoms with Gasteiger partial charge >= 0.3 is 6.09 Å². The van der Waals surface area contributed by atoms with Crippen LogP contribution in [-0.4, -0.2) is 47.1 Å². The second kappa shape index (κ2) is 7.57. The number of aromatic amines is 1. The molecule has 0 spiro atoms. The molecule has 0 unspecified atom stereocenters. The van der Waals surface area contributed by atoms with Gasteiger partial charge in [-0.15, -0.1) is 0 Å². The molecular weight excluding hydrogens is 362 g/mol. The third kappa shape index (κ3) is 4.85. The second-order valence-electron chi connectivity index (χ2n) is 8.07. The Morgan fingerprint density at radius 3 is 2.61 bits per heavy atom. The highest BCUT2D eigenvalue weighted by Gasteiger charge is 2.44. The summed E-state index contributed by atoms with van der Waals surface area (Å²) in [5.74, 6) is 1.49. The molecule has 9 heteroatoms. The standard InChI is InChI=1S/C19H27N5O4/c1-18(2,3)28-17(25)22-10-19(5-6-19)11-27-14-9-21-8-13(26-4)16(14)12-7-15(20)24-23-12/h7-9H,5-6,10-11H2,1-4H3,(H,22,25)(H3,20,23,24). The molecule has 1 aliphatic carbocycles. The number of H-pyrrole nitrogens is 1. The molecule has 1 saturated carbocycles. The van der Waals surface area contributed by atoms with Crippen molar-refractivity contribution >= 4 is 11.9 Å². The lowest BCUT2D eigenvalue weighted by Crippen LogP contribution is -2.37. The fourth-order valence-corrected chi connectivity index (χ4v) is 2.77. The molecule has 0 aliphatic heterocycles. The highest BCUT2D eigenvalue weighted by Crippen LogP contribution is 2.46. The van der Waals surface area contributed by atoms with E-state index in [-0.39, 0.29) is 5.41 Å². The lowest BCUT2D eigenvalue weighted by Gasteiger charge is -2.22. The van der Waals surface area contributed by atoms with Gasteiger partial charge < -0.3 is 25.3 Å². The second-order valence-corrected chi connectivity index (χ2v) is 8.07. The number of nitrogen functional groups attached to an aromatic ring is 1. The number of carbonyl (C=O) groups excluding carboxylic acids is 1. The summed E-state index contributed by atoms with van der Waals surface area (Å²) in [7, 11) is 1.57. The fourth-order valence-electron chi connectivity index (χ4n) is 2.77. The number of rotatable bonds is 7. The minimum atomic E-state index is -0.523. The quantitative estimate of drug-likeness (QED) is 0.665. The zero-order valence-electron chi connectivity index (χ0n) is 16.7. The molecule has 2 aromatic heterocycles. The van der Waals surface area contributed by atoms with Crippen LogP contribution in [0.5, 0.6) is 11.5 Å².